The average molecular weight is 710 g/mol. The van der Waals surface area contributed by atoms with Crippen LogP contribution in [0, 0.1) is 0 Å². The van der Waals surface area contributed by atoms with Gasteiger partial charge in [0, 0.05) is 75.4 Å². The van der Waals surface area contributed by atoms with E-state index in [0.717, 1.165) is 63.7 Å². The van der Waals surface area contributed by atoms with Gasteiger partial charge >= 0.3 is 0 Å². The summed E-state index contributed by atoms with van der Waals surface area (Å²) in [6, 6.07) is 14.9. The van der Waals surface area contributed by atoms with E-state index < -0.39 is 0 Å². The molecule has 2 aliphatic rings. The zero-order valence-electron chi connectivity index (χ0n) is 29.3. The Morgan fingerprint density at radius 1 is 0.646 bits per heavy atom. The van der Waals surface area contributed by atoms with Gasteiger partial charge < -0.3 is 43.0 Å². The van der Waals surface area contributed by atoms with E-state index in [2.05, 4.69) is 58.0 Å². The first-order valence-electron chi connectivity index (χ1n) is 17.2. The molecule has 0 saturated carbocycles. The summed E-state index contributed by atoms with van der Waals surface area (Å²) in [6.45, 7) is 13.5. The van der Waals surface area contributed by atoms with Crippen molar-refractivity contribution in [3.05, 3.63) is 47.5 Å². The van der Waals surface area contributed by atoms with E-state index in [1.165, 1.54) is 21.2 Å². The van der Waals surface area contributed by atoms with E-state index in [-0.39, 0.29) is 18.3 Å². The summed E-state index contributed by atoms with van der Waals surface area (Å²) in [6.07, 6.45) is 1.82. The largest absolute Gasteiger partial charge is 0.379 e. The topological polar surface area (TPSA) is 74.3 Å². The predicted octanol–water partition coefficient (Wildman–Crippen LogP) is 5.47. The lowest BCUT2D eigenvalue weighted by Gasteiger charge is -2.36. The zero-order valence-corrected chi connectivity index (χ0v) is 30.9. The van der Waals surface area contributed by atoms with E-state index in [0.29, 0.717) is 52.9 Å². The van der Waals surface area contributed by atoms with Gasteiger partial charge in [-0.3, -0.25) is 4.90 Å². The monoisotopic (exact) mass is 709 g/mol. The Morgan fingerprint density at radius 2 is 1.23 bits per heavy atom. The fourth-order valence-electron chi connectivity index (χ4n) is 5.74. The smallest absolute Gasteiger partial charge is 0.104 e. The first-order chi connectivity index (χ1) is 23.5. The Balaban J connectivity index is 1.01. The van der Waals surface area contributed by atoms with Gasteiger partial charge in [-0.05, 0) is 49.7 Å². The van der Waals surface area contributed by atoms with Gasteiger partial charge in [0.15, 0.2) is 0 Å². The second-order valence-electron chi connectivity index (χ2n) is 12.1. The standard InChI is InChI=1S/C36H56ClN3O7S/c1-5-30(41-2)24-46-27-32(43-4)28-47-26-31(42-3)25-45-22-21-44-20-19-39-17-15-38(16-18-39)13-8-14-40-33-9-6-7-10-35(33)48-36-12-11-29(37)23-34(36)40/h6-7,9-12,23,30-32H,5,8,13-22,24-28H2,1-4H3. The molecule has 0 aliphatic carbocycles. The molecule has 12 heteroatoms. The van der Waals surface area contributed by atoms with Gasteiger partial charge in [-0.25, -0.2) is 0 Å². The minimum atomic E-state index is -0.151. The Labute approximate surface area is 297 Å². The molecular formula is C36H56ClN3O7S. The van der Waals surface area contributed by atoms with Gasteiger partial charge in [-0.1, -0.05) is 42.4 Å². The van der Waals surface area contributed by atoms with E-state index in [4.69, 9.17) is 44.8 Å². The number of piperazine rings is 1. The first kappa shape index (κ1) is 39.3. The number of halogens is 1. The van der Waals surface area contributed by atoms with Crippen LogP contribution in [0.5, 0.6) is 0 Å². The van der Waals surface area contributed by atoms with Crippen LogP contribution in [0.3, 0.4) is 0 Å². The van der Waals surface area contributed by atoms with Crippen molar-refractivity contribution in [3.8, 4) is 0 Å². The molecule has 0 N–H and O–H groups in total. The summed E-state index contributed by atoms with van der Waals surface area (Å²) in [4.78, 5) is 10.1. The molecule has 2 aromatic rings. The van der Waals surface area contributed by atoms with Crippen LogP contribution in [0.2, 0.25) is 5.02 Å². The highest BCUT2D eigenvalue weighted by molar-refractivity contribution is 7.99. The summed E-state index contributed by atoms with van der Waals surface area (Å²) < 4.78 is 39.5. The van der Waals surface area contributed by atoms with E-state index in [1.54, 1.807) is 21.3 Å². The van der Waals surface area contributed by atoms with Crippen LogP contribution in [-0.2, 0) is 33.2 Å². The van der Waals surface area contributed by atoms with Gasteiger partial charge in [-0.2, -0.15) is 0 Å². The molecule has 1 saturated heterocycles. The van der Waals surface area contributed by atoms with Crippen LogP contribution in [0.1, 0.15) is 19.8 Å². The fourth-order valence-corrected chi connectivity index (χ4v) is 6.99. The molecule has 4 rings (SSSR count). The number of rotatable bonds is 24. The number of fused-ring (bicyclic) bond motifs is 2. The lowest BCUT2D eigenvalue weighted by atomic mass is 10.2. The van der Waals surface area contributed by atoms with Gasteiger partial charge in [0.25, 0.3) is 0 Å². The van der Waals surface area contributed by atoms with Gasteiger partial charge in [0.05, 0.1) is 70.3 Å². The number of methoxy groups -OCH3 is 3. The highest BCUT2D eigenvalue weighted by Crippen LogP contribution is 2.48. The van der Waals surface area contributed by atoms with Crippen molar-refractivity contribution in [1.82, 2.24) is 9.80 Å². The van der Waals surface area contributed by atoms with Crippen LogP contribution >= 0.6 is 23.4 Å². The molecule has 270 valence electrons. The summed E-state index contributed by atoms with van der Waals surface area (Å²) in [5.41, 5.74) is 2.49. The number of anilines is 2. The molecule has 3 atom stereocenters. The summed E-state index contributed by atoms with van der Waals surface area (Å²) in [7, 11) is 5.03. The molecule has 0 spiro atoms. The maximum Gasteiger partial charge on any atom is 0.104 e. The van der Waals surface area contributed by atoms with Crippen molar-refractivity contribution < 1.29 is 33.2 Å². The van der Waals surface area contributed by atoms with Crippen LogP contribution in [0.25, 0.3) is 0 Å². The fraction of sp³-hybridized carbons (Fsp3) is 0.667. The molecule has 0 aromatic heterocycles. The van der Waals surface area contributed by atoms with Crippen LogP contribution in [0.4, 0.5) is 11.4 Å². The normalized spacial score (nSPS) is 17.2. The van der Waals surface area contributed by atoms with Crippen molar-refractivity contribution in [3.63, 3.8) is 0 Å². The molecule has 0 bridgehead atoms. The SMILES string of the molecule is CCC(COCC(COCC(COCCOCCN1CCN(CCCN2c3ccccc3Sc3ccc(Cl)cc32)CC1)OC)OC)OC. The molecule has 2 heterocycles. The number of para-hydroxylation sites is 1. The maximum atomic E-state index is 6.39. The maximum absolute atomic E-state index is 6.39. The molecule has 0 amide bonds. The third-order valence-electron chi connectivity index (χ3n) is 8.81. The summed E-state index contributed by atoms with van der Waals surface area (Å²) in [5.74, 6) is 0. The number of hydrogen-bond donors (Lipinski definition) is 0. The van der Waals surface area contributed by atoms with Crippen molar-refractivity contribution in [1.29, 1.82) is 0 Å². The molecule has 1 fully saturated rings. The third-order valence-corrected chi connectivity index (χ3v) is 10.2. The van der Waals surface area contributed by atoms with E-state index in [1.807, 2.05) is 17.8 Å². The summed E-state index contributed by atoms with van der Waals surface area (Å²) >= 11 is 8.22. The second kappa shape index (κ2) is 22.4. The molecule has 48 heavy (non-hydrogen) atoms. The van der Waals surface area contributed by atoms with E-state index >= 15 is 0 Å². The molecule has 10 nitrogen and oxygen atoms in total. The minimum Gasteiger partial charge on any atom is -0.379 e. The predicted molar refractivity (Wildman–Crippen MR) is 192 cm³/mol. The third kappa shape index (κ3) is 13.0. The quantitative estimate of drug-likeness (QED) is 0.130. The molecule has 2 aliphatic heterocycles. The van der Waals surface area contributed by atoms with Gasteiger partial charge in [0.2, 0.25) is 0 Å². The average Bonchev–Trinajstić information content (AvgIpc) is 3.11. The van der Waals surface area contributed by atoms with Crippen molar-refractivity contribution >= 4 is 34.7 Å². The Morgan fingerprint density at radius 3 is 1.90 bits per heavy atom. The Kier molecular flexibility index (Phi) is 18.3. The lowest BCUT2D eigenvalue weighted by molar-refractivity contribution is -0.0875. The van der Waals surface area contributed by atoms with Gasteiger partial charge in [-0.15, -0.1) is 0 Å². The Bertz CT molecular complexity index is 1170. The number of hydrogen-bond acceptors (Lipinski definition) is 11. The summed E-state index contributed by atoms with van der Waals surface area (Å²) in [5, 5.41) is 0.783. The highest BCUT2D eigenvalue weighted by Gasteiger charge is 2.24. The second-order valence-corrected chi connectivity index (χ2v) is 13.6. The molecule has 2 aromatic carbocycles. The van der Waals surface area contributed by atoms with Crippen LogP contribution in [-0.4, -0.2) is 148 Å². The Hall–Kier alpha value is -1.48. The highest BCUT2D eigenvalue weighted by atomic mass is 35.5. The van der Waals surface area contributed by atoms with Crippen molar-refractivity contribution in [2.45, 2.75) is 47.9 Å². The number of nitrogens with zero attached hydrogens (tertiary/aromatic N) is 3. The van der Waals surface area contributed by atoms with Crippen molar-refractivity contribution in [2.24, 2.45) is 0 Å². The lowest BCUT2D eigenvalue weighted by Crippen LogP contribution is -2.47. The number of ether oxygens (including phenoxy) is 7. The molecular weight excluding hydrogens is 654 g/mol. The molecule has 3 unspecified atom stereocenters. The first-order valence-corrected chi connectivity index (χ1v) is 18.4. The zero-order chi connectivity index (χ0) is 34.0. The van der Waals surface area contributed by atoms with Gasteiger partial charge in [0.1, 0.15) is 12.2 Å². The van der Waals surface area contributed by atoms with Crippen LogP contribution in [0.15, 0.2) is 52.3 Å². The molecule has 0 radical (unpaired) electrons. The van der Waals surface area contributed by atoms with E-state index in [9.17, 15) is 0 Å². The number of benzene rings is 2. The minimum absolute atomic E-state index is 0.101. The van der Waals surface area contributed by atoms with Crippen molar-refractivity contribution in [2.75, 3.05) is 125 Å². The van der Waals surface area contributed by atoms with Crippen LogP contribution < -0.4 is 4.90 Å².